The third-order valence-corrected chi connectivity index (χ3v) is 3.87. The summed E-state index contributed by atoms with van der Waals surface area (Å²) in [5.74, 6) is -0.787. The van der Waals surface area contributed by atoms with Crippen molar-refractivity contribution in [1.29, 1.82) is 0 Å². The second-order valence-electron chi connectivity index (χ2n) is 4.98. The van der Waals surface area contributed by atoms with Crippen molar-refractivity contribution in [2.75, 3.05) is 0 Å². The molecule has 0 spiro atoms. The van der Waals surface area contributed by atoms with Crippen LogP contribution in [0.4, 0.5) is 0 Å². The van der Waals surface area contributed by atoms with Crippen LogP contribution in [0.3, 0.4) is 0 Å². The Hall–Kier alpha value is -2.17. The molecule has 5 heteroatoms. The molecular formula is C14H15N3O2. The molecule has 1 heterocycles. The predicted octanol–water partition coefficient (Wildman–Crippen LogP) is 2.16. The number of aromatic nitrogens is 3. The van der Waals surface area contributed by atoms with Gasteiger partial charge >= 0.3 is 5.97 Å². The number of rotatable bonds is 3. The molecule has 0 aliphatic heterocycles. The van der Waals surface area contributed by atoms with E-state index in [0.717, 1.165) is 18.5 Å². The van der Waals surface area contributed by atoms with E-state index in [1.54, 1.807) is 10.9 Å². The van der Waals surface area contributed by atoms with Crippen molar-refractivity contribution in [3.63, 3.8) is 0 Å². The monoisotopic (exact) mass is 257 g/mol. The van der Waals surface area contributed by atoms with E-state index in [-0.39, 0.29) is 0 Å². The van der Waals surface area contributed by atoms with Gasteiger partial charge in [0.2, 0.25) is 0 Å². The van der Waals surface area contributed by atoms with Crippen molar-refractivity contribution in [2.45, 2.75) is 31.1 Å². The van der Waals surface area contributed by atoms with Gasteiger partial charge in [0, 0.05) is 0 Å². The largest absolute Gasteiger partial charge is 0.481 e. The number of carbonyl (C=O) groups is 1. The number of nitrogens with zero attached hydrogens (tertiary/aromatic N) is 3. The minimum atomic E-state index is -0.840. The Morgan fingerprint density at radius 3 is 2.53 bits per heavy atom. The van der Waals surface area contributed by atoms with Gasteiger partial charge in [-0.15, -0.1) is 5.10 Å². The van der Waals surface area contributed by atoms with Crippen LogP contribution < -0.4 is 0 Å². The molecule has 1 N–H and O–H groups in total. The number of aliphatic carboxylic acids is 1. The number of para-hydroxylation sites is 1. The fourth-order valence-corrected chi connectivity index (χ4v) is 2.75. The molecule has 1 fully saturated rings. The molecule has 0 radical (unpaired) electrons. The number of carboxylic acid groups (broad SMARTS) is 1. The molecule has 3 rings (SSSR count). The Labute approximate surface area is 110 Å². The molecule has 2 aromatic rings. The third kappa shape index (κ3) is 1.91. The first-order valence-corrected chi connectivity index (χ1v) is 6.44. The van der Waals surface area contributed by atoms with Crippen LogP contribution >= 0.6 is 0 Å². The molecule has 1 saturated carbocycles. The van der Waals surface area contributed by atoms with Crippen molar-refractivity contribution in [3.05, 3.63) is 42.2 Å². The Morgan fingerprint density at radius 2 is 1.89 bits per heavy atom. The van der Waals surface area contributed by atoms with Crippen molar-refractivity contribution < 1.29 is 9.90 Å². The zero-order valence-corrected chi connectivity index (χ0v) is 10.5. The number of benzene rings is 1. The number of carboxylic acids is 1. The summed E-state index contributed by atoms with van der Waals surface area (Å²) in [7, 11) is 0. The minimum Gasteiger partial charge on any atom is -0.481 e. The Bertz CT molecular complexity index is 586. The summed E-state index contributed by atoms with van der Waals surface area (Å²) in [5.41, 5.74) is 0.619. The van der Waals surface area contributed by atoms with E-state index in [1.165, 1.54) is 0 Å². The first-order valence-electron chi connectivity index (χ1n) is 6.44. The van der Waals surface area contributed by atoms with Crippen LogP contribution in [-0.2, 0) is 10.2 Å². The van der Waals surface area contributed by atoms with Crippen molar-refractivity contribution >= 4 is 5.97 Å². The summed E-state index contributed by atoms with van der Waals surface area (Å²) in [6.45, 7) is 0. The van der Waals surface area contributed by atoms with Crippen LogP contribution in [0.15, 0.2) is 36.5 Å². The SMILES string of the molecule is O=C(O)C1(c2cn(-c3ccccc3)nn2)CCCC1. The fourth-order valence-electron chi connectivity index (χ4n) is 2.75. The maximum Gasteiger partial charge on any atom is 0.315 e. The summed E-state index contributed by atoms with van der Waals surface area (Å²) >= 11 is 0. The normalized spacial score (nSPS) is 17.5. The lowest BCUT2D eigenvalue weighted by Crippen LogP contribution is -2.33. The zero-order chi connectivity index (χ0) is 13.3. The number of hydrogen-bond donors (Lipinski definition) is 1. The van der Waals surface area contributed by atoms with Crippen LogP contribution in [0.5, 0.6) is 0 Å². The van der Waals surface area contributed by atoms with Gasteiger partial charge in [0.15, 0.2) is 0 Å². The van der Waals surface area contributed by atoms with E-state index in [0.29, 0.717) is 18.5 Å². The van der Waals surface area contributed by atoms with Gasteiger partial charge in [-0.2, -0.15) is 0 Å². The molecule has 1 aromatic heterocycles. The third-order valence-electron chi connectivity index (χ3n) is 3.87. The van der Waals surface area contributed by atoms with Crippen LogP contribution in [0.2, 0.25) is 0 Å². The van der Waals surface area contributed by atoms with Crippen LogP contribution in [-0.4, -0.2) is 26.1 Å². The minimum absolute atomic E-state index is 0.571. The fraction of sp³-hybridized carbons (Fsp3) is 0.357. The van der Waals surface area contributed by atoms with E-state index < -0.39 is 11.4 Å². The van der Waals surface area contributed by atoms with Gasteiger partial charge in [-0.1, -0.05) is 36.3 Å². The highest BCUT2D eigenvalue weighted by molar-refractivity contribution is 5.81. The van der Waals surface area contributed by atoms with Gasteiger partial charge in [-0.05, 0) is 25.0 Å². The first-order chi connectivity index (χ1) is 9.22. The highest BCUT2D eigenvalue weighted by Gasteiger charge is 2.45. The predicted molar refractivity (Wildman–Crippen MR) is 69.1 cm³/mol. The van der Waals surface area contributed by atoms with E-state index in [9.17, 15) is 9.90 Å². The molecule has 0 atom stereocenters. The van der Waals surface area contributed by atoms with Crippen molar-refractivity contribution in [3.8, 4) is 5.69 Å². The summed E-state index contributed by atoms with van der Waals surface area (Å²) in [6, 6.07) is 9.59. The molecule has 0 bridgehead atoms. The maximum atomic E-state index is 11.6. The quantitative estimate of drug-likeness (QED) is 0.915. The van der Waals surface area contributed by atoms with E-state index >= 15 is 0 Å². The Morgan fingerprint density at radius 1 is 1.21 bits per heavy atom. The topological polar surface area (TPSA) is 68.0 Å². The summed E-state index contributed by atoms with van der Waals surface area (Å²) < 4.78 is 1.64. The lowest BCUT2D eigenvalue weighted by atomic mass is 9.83. The highest BCUT2D eigenvalue weighted by Crippen LogP contribution is 2.40. The molecule has 0 amide bonds. The smallest absolute Gasteiger partial charge is 0.315 e. The second kappa shape index (κ2) is 4.50. The van der Waals surface area contributed by atoms with Crippen LogP contribution in [0.25, 0.3) is 5.69 Å². The lowest BCUT2D eigenvalue weighted by Gasteiger charge is -2.20. The highest BCUT2D eigenvalue weighted by atomic mass is 16.4. The van der Waals surface area contributed by atoms with Crippen molar-refractivity contribution in [1.82, 2.24) is 15.0 Å². The van der Waals surface area contributed by atoms with E-state index in [4.69, 9.17) is 0 Å². The van der Waals surface area contributed by atoms with Gasteiger partial charge in [0.25, 0.3) is 0 Å². The second-order valence-corrected chi connectivity index (χ2v) is 4.98. The van der Waals surface area contributed by atoms with Gasteiger partial charge < -0.3 is 5.11 Å². The van der Waals surface area contributed by atoms with E-state index in [2.05, 4.69) is 10.3 Å². The standard InChI is InChI=1S/C14H15N3O2/c18-13(19)14(8-4-5-9-14)12-10-17(16-15-12)11-6-2-1-3-7-11/h1-3,6-7,10H,4-5,8-9H2,(H,18,19). The van der Waals surface area contributed by atoms with Crippen molar-refractivity contribution in [2.24, 2.45) is 0 Å². The molecule has 0 unspecified atom stereocenters. The molecule has 98 valence electrons. The molecule has 5 nitrogen and oxygen atoms in total. The lowest BCUT2D eigenvalue weighted by molar-refractivity contribution is -0.143. The molecule has 19 heavy (non-hydrogen) atoms. The average molecular weight is 257 g/mol. The Balaban J connectivity index is 1.99. The summed E-state index contributed by atoms with van der Waals surface area (Å²) in [5, 5.41) is 17.7. The molecule has 1 aromatic carbocycles. The van der Waals surface area contributed by atoms with E-state index in [1.807, 2.05) is 30.3 Å². The van der Waals surface area contributed by atoms with Gasteiger partial charge in [-0.25, -0.2) is 4.68 Å². The number of hydrogen-bond acceptors (Lipinski definition) is 3. The van der Waals surface area contributed by atoms with Gasteiger partial charge in [0.05, 0.1) is 11.9 Å². The molecule has 1 aliphatic rings. The molecule has 0 saturated heterocycles. The van der Waals surface area contributed by atoms with Gasteiger partial charge in [0.1, 0.15) is 11.1 Å². The maximum absolute atomic E-state index is 11.6. The summed E-state index contributed by atoms with van der Waals surface area (Å²) in [6.07, 6.45) is 4.91. The molecule has 1 aliphatic carbocycles. The zero-order valence-electron chi connectivity index (χ0n) is 10.5. The average Bonchev–Trinajstić information content (AvgIpc) is 3.09. The van der Waals surface area contributed by atoms with Crippen LogP contribution in [0, 0.1) is 0 Å². The van der Waals surface area contributed by atoms with Gasteiger partial charge in [-0.3, -0.25) is 4.79 Å². The summed E-state index contributed by atoms with van der Waals surface area (Å²) in [4.78, 5) is 11.6. The molecular weight excluding hydrogens is 242 g/mol. The van der Waals surface area contributed by atoms with Crippen LogP contribution in [0.1, 0.15) is 31.4 Å². The first kappa shape index (κ1) is 11.9. The Kier molecular flexibility index (Phi) is 2.81.